The van der Waals surface area contributed by atoms with Gasteiger partial charge in [-0.15, -0.1) is 0 Å². The van der Waals surface area contributed by atoms with E-state index < -0.39 is 21.5 Å². The second-order valence-corrected chi connectivity index (χ2v) is 11.8. The van der Waals surface area contributed by atoms with Gasteiger partial charge in [-0.1, -0.05) is 23.8 Å². The third-order valence-electron chi connectivity index (χ3n) is 6.69. The Hall–Kier alpha value is -3.60. The first-order chi connectivity index (χ1) is 18.6. The number of fused-ring (bicyclic) bond motifs is 3. The van der Waals surface area contributed by atoms with Gasteiger partial charge < -0.3 is 5.32 Å². The molecule has 0 atom stereocenters. The van der Waals surface area contributed by atoms with Crippen molar-refractivity contribution < 1.29 is 22.0 Å². The molecule has 0 radical (unpaired) electrons. The molecule has 0 saturated heterocycles. The normalized spacial score (nSPS) is 14.2. The Bertz CT molecular complexity index is 1720. The third kappa shape index (κ3) is 5.88. The second-order valence-electron chi connectivity index (χ2n) is 9.41. The number of aromatic nitrogens is 2. The minimum absolute atomic E-state index is 0.172. The van der Waals surface area contributed by atoms with Crippen LogP contribution in [0.1, 0.15) is 22.4 Å². The van der Waals surface area contributed by atoms with Crippen LogP contribution in [0.3, 0.4) is 0 Å². The monoisotopic (exact) mass is 570 g/mol. The summed E-state index contributed by atoms with van der Waals surface area (Å²) in [6.07, 6.45) is 6.67. The van der Waals surface area contributed by atoms with Gasteiger partial charge in [-0.05, 0) is 53.6 Å². The molecule has 0 saturated carbocycles. The van der Waals surface area contributed by atoms with Crippen molar-refractivity contribution in [2.45, 2.75) is 24.4 Å². The van der Waals surface area contributed by atoms with Gasteiger partial charge in [0.2, 0.25) is 0 Å². The Morgan fingerprint density at radius 3 is 2.72 bits per heavy atom. The van der Waals surface area contributed by atoms with Gasteiger partial charge in [0, 0.05) is 67.8 Å². The molecule has 1 amide bonds. The summed E-state index contributed by atoms with van der Waals surface area (Å²) in [5.41, 5.74) is 3.37. The smallest absolute Gasteiger partial charge is 0.326 e. The maximum absolute atomic E-state index is 14.0. The van der Waals surface area contributed by atoms with Gasteiger partial charge in [0.25, 0.3) is 0 Å². The van der Waals surface area contributed by atoms with Crippen molar-refractivity contribution in [3.8, 4) is 0 Å². The van der Waals surface area contributed by atoms with Gasteiger partial charge in [0.1, 0.15) is 16.8 Å². The van der Waals surface area contributed by atoms with Crippen molar-refractivity contribution in [3.63, 3.8) is 0 Å². The highest BCUT2D eigenvalue weighted by atomic mass is 35.5. The molecular formula is C28H25ClF2N4O3S. The summed E-state index contributed by atoms with van der Waals surface area (Å²) in [5, 5.41) is 3.94. The standard InChI is InChI=1S/C28H25ClF2N4O3S/c1-39(37,38)21-6-7-25-22(15-21)23-17-34(11-2-3-19-4-5-20(30)14-24(19)31)12-9-26(23)35(25)28(36)33-16-18-8-10-32-27(29)13-18/h2-8,10,13-15H,9,11-12,16-17H2,1H3,(H,33,36). The van der Waals surface area contributed by atoms with Crippen LogP contribution in [-0.4, -0.2) is 48.2 Å². The number of halogens is 3. The number of benzene rings is 2. The predicted molar refractivity (Wildman–Crippen MR) is 146 cm³/mol. The topological polar surface area (TPSA) is 84.3 Å². The number of sulfone groups is 1. The number of hydrogen-bond donors (Lipinski definition) is 1. The van der Waals surface area contributed by atoms with E-state index in [1.165, 1.54) is 18.2 Å². The van der Waals surface area contributed by atoms with E-state index in [0.29, 0.717) is 42.1 Å². The van der Waals surface area contributed by atoms with E-state index in [1.807, 2.05) is 0 Å². The van der Waals surface area contributed by atoms with Gasteiger partial charge in [-0.25, -0.2) is 27.0 Å². The minimum atomic E-state index is -3.46. The lowest BCUT2D eigenvalue weighted by Gasteiger charge is -2.27. The number of carbonyl (C=O) groups is 1. The largest absolute Gasteiger partial charge is 0.333 e. The van der Waals surface area contributed by atoms with Crippen molar-refractivity contribution in [3.05, 3.63) is 100.0 Å². The van der Waals surface area contributed by atoms with Crippen LogP contribution in [0.5, 0.6) is 0 Å². The van der Waals surface area contributed by atoms with Crippen LogP contribution in [-0.2, 0) is 29.3 Å². The van der Waals surface area contributed by atoms with Gasteiger partial charge in [-0.3, -0.25) is 9.47 Å². The van der Waals surface area contributed by atoms with Gasteiger partial charge in [0.15, 0.2) is 9.84 Å². The van der Waals surface area contributed by atoms with E-state index in [1.54, 1.807) is 47.2 Å². The molecule has 39 heavy (non-hydrogen) atoms. The fourth-order valence-corrected chi connectivity index (χ4v) is 5.63. The average Bonchev–Trinajstić information content (AvgIpc) is 3.21. The number of nitrogens with zero attached hydrogens (tertiary/aromatic N) is 3. The van der Waals surface area contributed by atoms with Crippen LogP contribution in [0.4, 0.5) is 13.6 Å². The SMILES string of the molecule is CS(=O)(=O)c1ccc2c(c1)c1c(n2C(=O)NCc2ccnc(Cl)c2)CCN(CC=Cc2ccc(F)cc2F)C1. The van der Waals surface area contributed by atoms with Crippen LogP contribution >= 0.6 is 11.6 Å². The van der Waals surface area contributed by atoms with Crippen molar-refractivity contribution in [1.29, 1.82) is 0 Å². The van der Waals surface area contributed by atoms with E-state index >= 15 is 0 Å². The van der Waals surface area contributed by atoms with E-state index in [2.05, 4.69) is 15.2 Å². The minimum Gasteiger partial charge on any atom is -0.333 e. The highest BCUT2D eigenvalue weighted by Crippen LogP contribution is 2.32. The first-order valence-electron chi connectivity index (χ1n) is 12.2. The molecule has 0 unspecified atom stereocenters. The molecule has 7 nitrogen and oxygen atoms in total. The summed E-state index contributed by atoms with van der Waals surface area (Å²) in [6.45, 7) is 1.83. The lowest BCUT2D eigenvalue weighted by Crippen LogP contribution is -2.34. The Morgan fingerprint density at radius 2 is 1.97 bits per heavy atom. The molecule has 2 aromatic carbocycles. The Balaban J connectivity index is 1.44. The molecule has 0 aliphatic carbocycles. The summed E-state index contributed by atoms with van der Waals surface area (Å²) in [4.78, 5) is 19.6. The third-order valence-corrected chi connectivity index (χ3v) is 8.01. The molecule has 1 N–H and O–H groups in total. The number of nitrogens with one attached hydrogen (secondary N) is 1. The molecule has 1 aliphatic rings. The Labute approximate surface area is 229 Å². The number of carbonyl (C=O) groups excluding carboxylic acids is 1. The fraction of sp³-hybridized carbons (Fsp3) is 0.214. The van der Waals surface area contributed by atoms with E-state index in [-0.39, 0.29) is 23.0 Å². The van der Waals surface area contributed by atoms with Crippen LogP contribution in [0.15, 0.2) is 65.7 Å². The number of rotatable bonds is 6. The molecule has 5 rings (SSSR count). The second kappa shape index (κ2) is 10.9. The van der Waals surface area contributed by atoms with Crippen molar-refractivity contribution in [1.82, 2.24) is 19.8 Å². The van der Waals surface area contributed by atoms with Crippen molar-refractivity contribution >= 4 is 44.4 Å². The van der Waals surface area contributed by atoms with Crippen molar-refractivity contribution in [2.24, 2.45) is 0 Å². The molecule has 4 aromatic rings. The summed E-state index contributed by atoms with van der Waals surface area (Å²) in [7, 11) is -3.46. The maximum Gasteiger partial charge on any atom is 0.326 e. The molecule has 0 fully saturated rings. The van der Waals surface area contributed by atoms with E-state index in [9.17, 15) is 22.0 Å². The fourth-order valence-electron chi connectivity index (χ4n) is 4.79. The highest BCUT2D eigenvalue weighted by molar-refractivity contribution is 7.90. The lowest BCUT2D eigenvalue weighted by atomic mass is 10.0. The van der Waals surface area contributed by atoms with Crippen molar-refractivity contribution in [2.75, 3.05) is 19.3 Å². The molecule has 3 heterocycles. The number of hydrogen-bond acceptors (Lipinski definition) is 5. The molecule has 1 aliphatic heterocycles. The lowest BCUT2D eigenvalue weighted by molar-refractivity contribution is 0.240. The molecule has 0 bridgehead atoms. The van der Waals surface area contributed by atoms with Gasteiger partial charge >= 0.3 is 6.03 Å². The Kier molecular flexibility index (Phi) is 7.53. The van der Waals surface area contributed by atoms with Crippen LogP contribution in [0, 0.1) is 11.6 Å². The first kappa shape index (κ1) is 27.0. The van der Waals surface area contributed by atoms with Gasteiger partial charge in [0.05, 0.1) is 10.4 Å². The van der Waals surface area contributed by atoms with E-state index in [4.69, 9.17) is 11.6 Å². The Morgan fingerprint density at radius 1 is 1.15 bits per heavy atom. The zero-order valence-corrected chi connectivity index (χ0v) is 22.6. The highest BCUT2D eigenvalue weighted by Gasteiger charge is 2.27. The quantitative estimate of drug-likeness (QED) is 0.322. The zero-order chi connectivity index (χ0) is 27.7. The summed E-state index contributed by atoms with van der Waals surface area (Å²) in [6, 6.07) is 11.3. The zero-order valence-electron chi connectivity index (χ0n) is 21.0. The molecule has 11 heteroatoms. The summed E-state index contributed by atoms with van der Waals surface area (Å²) >= 11 is 5.96. The first-order valence-corrected chi connectivity index (χ1v) is 14.5. The van der Waals surface area contributed by atoms with E-state index in [0.717, 1.165) is 29.1 Å². The van der Waals surface area contributed by atoms with Crippen LogP contribution < -0.4 is 5.32 Å². The molecular weight excluding hydrogens is 546 g/mol. The van der Waals surface area contributed by atoms with Gasteiger partial charge in [-0.2, -0.15) is 0 Å². The predicted octanol–water partition coefficient (Wildman–Crippen LogP) is 5.20. The van der Waals surface area contributed by atoms with Crippen LogP contribution in [0.2, 0.25) is 5.15 Å². The van der Waals surface area contributed by atoms with Crippen LogP contribution in [0.25, 0.3) is 17.0 Å². The molecule has 202 valence electrons. The maximum atomic E-state index is 14.0. The summed E-state index contributed by atoms with van der Waals surface area (Å²) in [5.74, 6) is -1.27. The number of amides is 1. The number of pyridine rings is 1. The summed E-state index contributed by atoms with van der Waals surface area (Å²) < 4.78 is 53.4. The molecule has 0 spiro atoms. The average molecular weight is 571 g/mol. The molecule has 2 aromatic heterocycles.